The molecule has 5 heterocycles. The van der Waals surface area contributed by atoms with E-state index in [4.69, 9.17) is 21.1 Å². The van der Waals surface area contributed by atoms with E-state index >= 15 is 0 Å². The molecule has 3 aliphatic rings. The smallest absolute Gasteiger partial charge is 0.104 e. The molecule has 0 amide bonds. The topological polar surface area (TPSA) is 83.1 Å². The molecular weight excluding hydrogens is 442 g/mol. The van der Waals surface area contributed by atoms with E-state index in [2.05, 4.69) is 44.6 Å². The molecule has 2 saturated heterocycles. The highest BCUT2D eigenvalue weighted by Crippen LogP contribution is 2.44. The Kier molecular flexibility index (Phi) is 5.44. The van der Waals surface area contributed by atoms with E-state index in [9.17, 15) is 0 Å². The third-order valence-corrected chi connectivity index (χ3v) is 7.43. The van der Waals surface area contributed by atoms with Gasteiger partial charge in [-0.2, -0.15) is 0 Å². The van der Waals surface area contributed by atoms with Crippen LogP contribution >= 0.6 is 11.6 Å². The highest BCUT2D eigenvalue weighted by atomic mass is 35.5. The number of aromatic nitrogens is 6. The molecule has 3 aliphatic heterocycles. The first-order valence-corrected chi connectivity index (χ1v) is 12.0. The van der Waals surface area contributed by atoms with E-state index in [1.54, 1.807) is 0 Å². The quantitative estimate of drug-likeness (QED) is 0.568. The van der Waals surface area contributed by atoms with Gasteiger partial charge in [-0.05, 0) is 49.4 Å². The molecule has 0 aliphatic carbocycles. The Hall–Kier alpha value is -2.33. The van der Waals surface area contributed by atoms with Gasteiger partial charge in [-0.25, -0.2) is 9.36 Å². The molecule has 0 N–H and O–H groups in total. The number of benzene rings is 1. The second-order valence-corrected chi connectivity index (χ2v) is 9.89. The summed E-state index contributed by atoms with van der Waals surface area (Å²) in [6.07, 6.45) is 6.83. The standard InChI is InChI=1S/C23H28ClN7O2/c1-16-9-23(22-8-18(24)3-2-17(22)4-7-33-23)5-6-29(16)10-19-11-30(27-25-19)12-20-13-31(28-26-20)21-14-32-15-21/h2-3,8,11,13,16,21H,4-7,9-10,12,14-15H2,1H3/t16-,23+/m0/s1. The Balaban J connectivity index is 1.10. The van der Waals surface area contributed by atoms with Crippen LogP contribution in [0.15, 0.2) is 30.6 Å². The van der Waals surface area contributed by atoms with Gasteiger partial charge in [0.05, 0.1) is 50.1 Å². The Morgan fingerprint density at radius 2 is 1.97 bits per heavy atom. The number of nitrogens with zero attached hydrogens (tertiary/aromatic N) is 7. The first-order valence-electron chi connectivity index (χ1n) is 11.6. The number of likely N-dealkylation sites (tertiary alicyclic amines) is 1. The summed E-state index contributed by atoms with van der Waals surface area (Å²) < 4.78 is 15.4. The van der Waals surface area contributed by atoms with Gasteiger partial charge in [0.25, 0.3) is 0 Å². The van der Waals surface area contributed by atoms with Crippen LogP contribution in [0.3, 0.4) is 0 Å². The van der Waals surface area contributed by atoms with Crippen LogP contribution in [0.5, 0.6) is 0 Å². The molecule has 3 aromatic rings. The van der Waals surface area contributed by atoms with Crippen LogP contribution in [-0.4, -0.2) is 67.3 Å². The molecule has 10 heteroatoms. The third kappa shape index (κ3) is 4.07. The fourth-order valence-electron chi connectivity index (χ4n) is 5.29. The van der Waals surface area contributed by atoms with Crippen LogP contribution in [0.25, 0.3) is 0 Å². The van der Waals surface area contributed by atoms with Gasteiger partial charge in [-0.1, -0.05) is 28.1 Å². The van der Waals surface area contributed by atoms with Crippen LogP contribution in [0, 0.1) is 0 Å². The fourth-order valence-corrected chi connectivity index (χ4v) is 5.46. The Morgan fingerprint density at radius 1 is 1.12 bits per heavy atom. The predicted octanol–water partition coefficient (Wildman–Crippen LogP) is 2.60. The van der Waals surface area contributed by atoms with Gasteiger partial charge in [0, 0.05) is 24.2 Å². The number of fused-ring (bicyclic) bond motifs is 2. The van der Waals surface area contributed by atoms with Gasteiger partial charge in [-0.15, -0.1) is 10.2 Å². The molecule has 1 spiro atoms. The summed E-state index contributed by atoms with van der Waals surface area (Å²) in [6.45, 7) is 6.72. The van der Waals surface area contributed by atoms with Crippen LogP contribution < -0.4 is 0 Å². The van der Waals surface area contributed by atoms with Gasteiger partial charge >= 0.3 is 0 Å². The van der Waals surface area contributed by atoms with Crippen molar-refractivity contribution >= 4 is 11.6 Å². The lowest BCUT2D eigenvalue weighted by Crippen LogP contribution is -2.50. The van der Waals surface area contributed by atoms with Crippen LogP contribution in [0.2, 0.25) is 5.02 Å². The zero-order chi connectivity index (χ0) is 22.4. The van der Waals surface area contributed by atoms with Crippen LogP contribution in [0.4, 0.5) is 0 Å². The zero-order valence-electron chi connectivity index (χ0n) is 18.7. The van der Waals surface area contributed by atoms with Gasteiger partial charge in [0.1, 0.15) is 11.7 Å². The second kappa shape index (κ2) is 8.47. The lowest BCUT2D eigenvalue weighted by atomic mass is 9.77. The minimum atomic E-state index is -0.233. The molecule has 33 heavy (non-hydrogen) atoms. The van der Waals surface area contributed by atoms with E-state index in [1.807, 2.05) is 27.8 Å². The van der Waals surface area contributed by atoms with E-state index in [0.717, 1.165) is 55.4 Å². The molecule has 174 valence electrons. The molecule has 0 saturated carbocycles. The summed E-state index contributed by atoms with van der Waals surface area (Å²) in [7, 11) is 0. The molecule has 1 aromatic carbocycles. The van der Waals surface area contributed by atoms with Crippen molar-refractivity contribution in [2.75, 3.05) is 26.4 Å². The van der Waals surface area contributed by atoms with Crippen molar-refractivity contribution in [2.45, 2.75) is 57.0 Å². The normalized spacial score (nSPS) is 25.8. The minimum absolute atomic E-state index is 0.233. The zero-order valence-corrected chi connectivity index (χ0v) is 19.5. The lowest BCUT2D eigenvalue weighted by Gasteiger charge is -2.48. The fraction of sp³-hybridized carbons (Fsp3) is 0.565. The minimum Gasteiger partial charge on any atom is -0.377 e. The van der Waals surface area contributed by atoms with Crippen molar-refractivity contribution in [1.29, 1.82) is 0 Å². The average molecular weight is 470 g/mol. The maximum atomic E-state index is 6.42. The highest BCUT2D eigenvalue weighted by Gasteiger charge is 2.43. The Morgan fingerprint density at radius 3 is 2.79 bits per heavy atom. The molecule has 0 unspecified atom stereocenters. The van der Waals surface area contributed by atoms with Crippen molar-refractivity contribution in [2.24, 2.45) is 0 Å². The number of hydrogen-bond acceptors (Lipinski definition) is 7. The van der Waals surface area contributed by atoms with Gasteiger partial charge in [0.2, 0.25) is 0 Å². The molecule has 0 radical (unpaired) electrons. The molecular formula is C23H28ClN7O2. The number of ether oxygens (including phenoxy) is 2. The molecule has 9 nitrogen and oxygen atoms in total. The summed E-state index contributed by atoms with van der Waals surface area (Å²) in [4.78, 5) is 2.47. The third-order valence-electron chi connectivity index (χ3n) is 7.19. The molecule has 0 bridgehead atoms. The Bertz CT molecular complexity index is 1140. The summed E-state index contributed by atoms with van der Waals surface area (Å²) in [5.74, 6) is 0. The average Bonchev–Trinajstić information content (AvgIpc) is 3.40. The van der Waals surface area contributed by atoms with Crippen LogP contribution in [-0.2, 0) is 34.6 Å². The van der Waals surface area contributed by atoms with Crippen LogP contribution in [0.1, 0.15) is 48.3 Å². The van der Waals surface area contributed by atoms with Crippen molar-refractivity contribution < 1.29 is 9.47 Å². The molecule has 2 fully saturated rings. The maximum Gasteiger partial charge on any atom is 0.104 e. The summed E-state index contributed by atoms with van der Waals surface area (Å²) in [5.41, 5.74) is 4.25. The molecule has 2 aromatic heterocycles. The van der Waals surface area contributed by atoms with Gasteiger partial charge < -0.3 is 9.47 Å². The number of hydrogen-bond donors (Lipinski definition) is 0. The van der Waals surface area contributed by atoms with Crippen molar-refractivity contribution in [3.05, 3.63) is 58.1 Å². The van der Waals surface area contributed by atoms with E-state index in [1.165, 1.54) is 11.1 Å². The first-order chi connectivity index (χ1) is 16.1. The summed E-state index contributed by atoms with van der Waals surface area (Å²) in [6, 6.07) is 6.92. The van der Waals surface area contributed by atoms with Gasteiger partial charge in [0.15, 0.2) is 0 Å². The SMILES string of the molecule is C[C@H]1C[C@@]2(CCN1Cc1cn(Cc3cn(C4COC4)nn3)nn1)OCCc1ccc(Cl)cc12. The Labute approximate surface area is 197 Å². The number of rotatable bonds is 5. The largest absolute Gasteiger partial charge is 0.377 e. The molecule has 6 rings (SSSR count). The van der Waals surface area contributed by atoms with Crippen molar-refractivity contribution in [3.8, 4) is 0 Å². The van der Waals surface area contributed by atoms with E-state index < -0.39 is 0 Å². The molecule has 2 atom stereocenters. The number of halogens is 1. The summed E-state index contributed by atoms with van der Waals surface area (Å²) >= 11 is 6.34. The van der Waals surface area contributed by atoms with E-state index in [-0.39, 0.29) is 5.60 Å². The lowest BCUT2D eigenvalue weighted by molar-refractivity contribution is -0.113. The monoisotopic (exact) mass is 469 g/mol. The first kappa shape index (κ1) is 21.2. The second-order valence-electron chi connectivity index (χ2n) is 9.46. The maximum absolute atomic E-state index is 6.42. The summed E-state index contributed by atoms with van der Waals surface area (Å²) in [5, 5.41) is 18.0. The van der Waals surface area contributed by atoms with Crippen molar-refractivity contribution in [1.82, 2.24) is 34.9 Å². The predicted molar refractivity (Wildman–Crippen MR) is 121 cm³/mol. The van der Waals surface area contributed by atoms with E-state index in [0.29, 0.717) is 31.8 Å². The van der Waals surface area contributed by atoms with Crippen molar-refractivity contribution in [3.63, 3.8) is 0 Å². The van der Waals surface area contributed by atoms with Gasteiger partial charge in [-0.3, -0.25) is 4.90 Å². The highest BCUT2D eigenvalue weighted by molar-refractivity contribution is 6.30. The number of piperidine rings is 1.